The van der Waals surface area contributed by atoms with E-state index in [1.165, 1.54) is 0 Å². The molecule has 1 saturated heterocycles. The predicted molar refractivity (Wildman–Crippen MR) is 108 cm³/mol. The number of sulfonamides is 1. The highest BCUT2D eigenvalue weighted by Gasteiger charge is 2.56. The summed E-state index contributed by atoms with van der Waals surface area (Å²) >= 11 is 0. The molecule has 2 aromatic rings. The zero-order valence-corrected chi connectivity index (χ0v) is 18.7. The molecule has 2 aromatic carbocycles. The zero-order valence-electron chi connectivity index (χ0n) is 17.9. The van der Waals surface area contributed by atoms with Gasteiger partial charge in [-0.05, 0) is 48.9 Å². The van der Waals surface area contributed by atoms with Gasteiger partial charge in [-0.15, -0.1) is 0 Å². The Morgan fingerprint density at radius 1 is 1.06 bits per heavy atom. The molecule has 1 heterocycles. The van der Waals surface area contributed by atoms with Crippen LogP contribution in [-0.4, -0.2) is 53.8 Å². The summed E-state index contributed by atoms with van der Waals surface area (Å²) in [6, 6.07) is 2.91. The van der Waals surface area contributed by atoms with Crippen LogP contribution >= 0.6 is 0 Å². The Kier molecular flexibility index (Phi) is 7.58. The summed E-state index contributed by atoms with van der Waals surface area (Å²) in [5, 5.41) is 19.2. The molecule has 0 aliphatic carbocycles. The second kappa shape index (κ2) is 9.86. The molecule has 3 atom stereocenters. The number of aliphatic carboxylic acids is 1. The molecule has 3 unspecified atom stereocenters. The number of hydrogen-bond donors (Lipinski definition) is 2. The van der Waals surface area contributed by atoms with Gasteiger partial charge in [0.25, 0.3) is 0 Å². The quantitative estimate of drug-likeness (QED) is 0.536. The molecule has 1 aliphatic heterocycles. The fourth-order valence-corrected chi connectivity index (χ4v) is 5.49. The standard InChI is InChI=1S/C21H18F7NO6S/c22-12-1-6-16(20(23,24)25)11(7-12)10-35-14-2-4-15(5-3-14)36(33,34)29-9-13(30)8-17(21(26,27)28)18(29)19(31)32/h1-7,13,17-18,30H,8-10H2,(H,31,32). The molecule has 7 nitrogen and oxygen atoms in total. The minimum atomic E-state index is -5.11. The minimum Gasteiger partial charge on any atom is -0.489 e. The van der Waals surface area contributed by atoms with Gasteiger partial charge in [-0.3, -0.25) is 4.79 Å². The van der Waals surface area contributed by atoms with Crippen molar-refractivity contribution in [3.05, 3.63) is 59.4 Å². The second-order valence-corrected chi connectivity index (χ2v) is 9.85. The number of aliphatic hydroxyl groups excluding tert-OH is 1. The van der Waals surface area contributed by atoms with Crippen molar-refractivity contribution >= 4 is 16.0 Å². The maximum Gasteiger partial charge on any atom is 0.416 e. The van der Waals surface area contributed by atoms with Crippen LogP contribution in [0.15, 0.2) is 47.4 Å². The third kappa shape index (κ3) is 5.90. The van der Waals surface area contributed by atoms with E-state index in [1.54, 1.807) is 0 Å². The van der Waals surface area contributed by atoms with Crippen molar-refractivity contribution in [1.82, 2.24) is 4.31 Å². The third-order valence-electron chi connectivity index (χ3n) is 5.48. The van der Waals surface area contributed by atoms with Gasteiger partial charge in [0.1, 0.15) is 24.2 Å². The predicted octanol–water partition coefficient (Wildman–Crippen LogP) is 3.81. The first-order chi connectivity index (χ1) is 16.5. The monoisotopic (exact) mass is 545 g/mol. The molecule has 1 aliphatic rings. The Hall–Kier alpha value is -2.91. The SMILES string of the molecule is O=C(O)C1C(C(F)(F)F)CC(O)CN1S(=O)(=O)c1ccc(OCc2cc(F)ccc2C(F)(F)F)cc1. The van der Waals surface area contributed by atoms with Crippen LogP contribution in [0.3, 0.4) is 0 Å². The van der Waals surface area contributed by atoms with Crippen LogP contribution in [0.4, 0.5) is 30.7 Å². The van der Waals surface area contributed by atoms with E-state index < -0.39 is 87.8 Å². The van der Waals surface area contributed by atoms with E-state index in [0.29, 0.717) is 18.2 Å². The zero-order chi connectivity index (χ0) is 27.1. The number of ether oxygens (including phenoxy) is 1. The van der Waals surface area contributed by atoms with Crippen molar-refractivity contribution < 1.29 is 58.9 Å². The van der Waals surface area contributed by atoms with Crippen LogP contribution in [0.25, 0.3) is 0 Å². The van der Waals surface area contributed by atoms with E-state index in [0.717, 1.165) is 24.3 Å². The molecule has 0 amide bonds. The summed E-state index contributed by atoms with van der Waals surface area (Å²) in [4.78, 5) is 10.9. The molecule has 198 valence electrons. The van der Waals surface area contributed by atoms with E-state index in [4.69, 9.17) is 4.74 Å². The lowest BCUT2D eigenvalue weighted by Crippen LogP contribution is -2.59. The fraction of sp³-hybridized carbons (Fsp3) is 0.381. The van der Waals surface area contributed by atoms with Gasteiger partial charge < -0.3 is 14.9 Å². The minimum absolute atomic E-state index is 0.0554. The van der Waals surface area contributed by atoms with Gasteiger partial charge in [0.15, 0.2) is 0 Å². The van der Waals surface area contributed by atoms with Gasteiger partial charge >= 0.3 is 18.3 Å². The van der Waals surface area contributed by atoms with Gasteiger partial charge in [0, 0.05) is 12.1 Å². The highest BCUT2D eigenvalue weighted by atomic mass is 32.2. The highest BCUT2D eigenvalue weighted by Crippen LogP contribution is 2.40. The molecule has 36 heavy (non-hydrogen) atoms. The molecule has 15 heteroatoms. The Bertz CT molecular complexity index is 1210. The average Bonchev–Trinajstić information content (AvgIpc) is 2.75. The molecule has 0 radical (unpaired) electrons. The number of benzene rings is 2. The first-order valence-corrected chi connectivity index (χ1v) is 11.5. The molecule has 0 bridgehead atoms. The van der Waals surface area contributed by atoms with Crippen molar-refractivity contribution in [2.45, 2.75) is 42.4 Å². The van der Waals surface area contributed by atoms with Crippen LogP contribution in [0.2, 0.25) is 0 Å². The second-order valence-electron chi connectivity index (χ2n) is 7.95. The number of alkyl halides is 6. The Morgan fingerprint density at radius 2 is 1.67 bits per heavy atom. The first kappa shape index (κ1) is 27.7. The summed E-state index contributed by atoms with van der Waals surface area (Å²) in [6.07, 6.45) is -12.7. The number of carboxylic acid groups (broad SMARTS) is 1. The highest BCUT2D eigenvalue weighted by molar-refractivity contribution is 7.89. The van der Waals surface area contributed by atoms with E-state index in [1.807, 2.05) is 0 Å². The number of piperidine rings is 1. The fourth-order valence-electron chi connectivity index (χ4n) is 3.84. The Labute approximate surface area is 199 Å². The van der Waals surface area contributed by atoms with Crippen molar-refractivity contribution in [2.24, 2.45) is 5.92 Å². The number of halogens is 7. The molecular formula is C21H18F7NO6S. The molecule has 0 saturated carbocycles. The average molecular weight is 545 g/mol. The van der Waals surface area contributed by atoms with E-state index in [9.17, 15) is 54.2 Å². The summed E-state index contributed by atoms with van der Waals surface area (Å²) < 4.78 is 124. The maximum absolute atomic E-state index is 13.4. The molecule has 1 fully saturated rings. The van der Waals surface area contributed by atoms with Gasteiger partial charge in [0.2, 0.25) is 10.0 Å². The van der Waals surface area contributed by atoms with Crippen molar-refractivity contribution in [3.8, 4) is 5.75 Å². The normalized spacial score (nSPS) is 21.8. The van der Waals surface area contributed by atoms with Crippen molar-refractivity contribution in [2.75, 3.05) is 6.54 Å². The van der Waals surface area contributed by atoms with Crippen LogP contribution < -0.4 is 4.74 Å². The first-order valence-electron chi connectivity index (χ1n) is 10.1. The smallest absolute Gasteiger partial charge is 0.416 e. The number of nitrogens with zero attached hydrogens (tertiary/aromatic N) is 1. The van der Waals surface area contributed by atoms with Crippen LogP contribution in [0, 0.1) is 11.7 Å². The van der Waals surface area contributed by atoms with Gasteiger partial charge in [-0.2, -0.15) is 30.6 Å². The van der Waals surface area contributed by atoms with Gasteiger partial charge in [0.05, 0.1) is 22.5 Å². The molecule has 0 aromatic heterocycles. The number of carbonyl (C=O) groups is 1. The number of aliphatic hydroxyl groups is 1. The number of rotatable bonds is 6. The molecule has 2 N–H and O–H groups in total. The number of hydrogen-bond acceptors (Lipinski definition) is 5. The third-order valence-corrected chi connectivity index (χ3v) is 7.34. The molecular weight excluding hydrogens is 527 g/mol. The van der Waals surface area contributed by atoms with Gasteiger partial charge in [-0.25, -0.2) is 12.8 Å². The largest absolute Gasteiger partial charge is 0.489 e. The lowest BCUT2D eigenvalue weighted by atomic mass is 9.89. The van der Waals surface area contributed by atoms with Crippen LogP contribution in [0.5, 0.6) is 5.75 Å². The van der Waals surface area contributed by atoms with E-state index in [2.05, 4.69) is 0 Å². The maximum atomic E-state index is 13.4. The van der Waals surface area contributed by atoms with Crippen molar-refractivity contribution in [1.29, 1.82) is 0 Å². The topological polar surface area (TPSA) is 104 Å². The van der Waals surface area contributed by atoms with Crippen molar-refractivity contribution in [3.63, 3.8) is 0 Å². The summed E-state index contributed by atoms with van der Waals surface area (Å²) in [6.45, 7) is -1.64. The summed E-state index contributed by atoms with van der Waals surface area (Å²) in [7, 11) is -4.86. The number of carboxylic acids is 1. The summed E-state index contributed by atoms with van der Waals surface area (Å²) in [5.41, 5.74) is -1.69. The van der Waals surface area contributed by atoms with E-state index >= 15 is 0 Å². The van der Waals surface area contributed by atoms with E-state index in [-0.39, 0.29) is 10.1 Å². The summed E-state index contributed by atoms with van der Waals surface area (Å²) in [5.74, 6) is -5.82. The molecule has 3 rings (SSSR count). The Balaban J connectivity index is 1.85. The van der Waals surface area contributed by atoms with Crippen LogP contribution in [-0.2, 0) is 27.6 Å². The lowest BCUT2D eigenvalue weighted by Gasteiger charge is -2.40. The number of β-amino-alcohol motifs (C(OH)–C–C–N with tert-alkyl or cyclic N) is 1. The van der Waals surface area contributed by atoms with Crippen LogP contribution in [0.1, 0.15) is 17.5 Å². The Morgan fingerprint density at radius 3 is 2.19 bits per heavy atom. The molecule has 0 spiro atoms. The lowest BCUT2D eigenvalue weighted by molar-refractivity contribution is -0.210. The van der Waals surface area contributed by atoms with Gasteiger partial charge in [-0.1, -0.05) is 0 Å².